The van der Waals surface area contributed by atoms with Gasteiger partial charge in [-0.05, 0) is 51.3 Å². The van der Waals surface area contributed by atoms with Gasteiger partial charge in [0.05, 0.1) is 5.56 Å². The van der Waals surface area contributed by atoms with Gasteiger partial charge in [0.1, 0.15) is 5.60 Å². The van der Waals surface area contributed by atoms with Crippen molar-refractivity contribution >= 4 is 12.1 Å². The van der Waals surface area contributed by atoms with E-state index in [9.17, 15) is 22.8 Å². The summed E-state index contributed by atoms with van der Waals surface area (Å²) >= 11 is 0. The first-order valence-corrected chi connectivity index (χ1v) is 7.74. The number of carbonyl (C=O) groups is 2. The average molecular weight is 361 g/mol. The van der Waals surface area contributed by atoms with Crippen LogP contribution in [-0.2, 0) is 22.1 Å². The maximum Gasteiger partial charge on any atom is 0.416 e. The molecule has 1 atom stereocenters. The molecular weight excluding hydrogens is 339 g/mol. The normalized spacial score (nSPS) is 13.2. The summed E-state index contributed by atoms with van der Waals surface area (Å²) in [6, 6.07) is 3.97. The predicted molar refractivity (Wildman–Crippen MR) is 85.2 cm³/mol. The molecular formula is C17H22F3NO4. The number of ether oxygens (including phenoxy) is 1. The van der Waals surface area contributed by atoms with Gasteiger partial charge < -0.3 is 15.2 Å². The Balaban J connectivity index is 2.79. The molecule has 5 nitrogen and oxygen atoms in total. The summed E-state index contributed by atoms with van der Waals surface area (Å²) in [5.74, 6) is -1.02. The second-order valence-electron chi connectivity index (χ2n) is 6.67. The van der Waals surface area contributed by atoms with Gasteiger partial charge in [0.15, 0.2) is 0 Å². The van der Waals surface area contributed by atoms with Crippen molar-refractivity contribution in [2.75, 3.05) is 0 Å². The van der Waals surface area contributed by atoms with Crippen molar-refractivity contribution in [1.82, 2.24) is 5.32 Å². The van der Waals surface area contributed by atoms with Crippen molar-refractivity contribution < 1.29 is 32.6 Å². The van der Waals surface area contributed by atoms with E-state index in [1.54, 1.807) is 20.8 Å². The van der Waals surface area contributed by atoms with Crippen LogP contribution in [-0.4, -0.2) is 28.8 Å². The van der Waals surface area contributed by atoms with Gasteiger partial charge in [0.2, 0.25) is 0 Å². The van der Waals surface area contributed by atoms with Crippen molar-refractivity contribution in [2.45, 2.75) is 57.9 Å². The van der Waals surface area contributed by atoms with Crippen molar-refractivity contribution in [3.05, 3.63) is 35.4 Å². The molecule has 0 unspecified atom stereocenters. The Hall–Kier alpha value is -2.25. The highest BCUT2D eigenvalue weighted by molar-refractivity contribution is 5.69. The number of amides is 1. The monoisotopic (exact) mass is 361 g/mol. The molecule has 1 amide bonds. The molecule has 1 rings (SSSR count). The van der Waals surface area contributed by atoms with E-state index in [0.717, 1.165) is 12.1 Å². The van der Waals surface area contributed by atoms with Crippen molar-refractivity contribution in [3.8, 4) is 0 Å². The highest BCUT2D eigenvalue weighted by Crippen LogP contribution is 2.29. The van der Waals surface area contributed by atoms with E-state index in [2.05, 4.69) is 5.32 Å². The van der Waals surface area contributed by atoms with Crippen LogP contribution in [0.5, 0.6) is 0 Å². The molecule has 1 aromatic carbocycles. The van der Waals surface area contributed by atoms with Crippen LogP contribution in [0.4, 0.5) is 18.0 Å². The van der Waals surface area contributed by atoms with Gasteiger partial charge in [0.25, 0.3) is 0 Å². The summed E-state index contributed by atoms with van der Waals surface area (Å²) in [5.41, 5.74) is -0.923. The Kier molecular flexibility index (Phi) is 6.84. The fraction of sp³-hybridized carbons (Fsp3) is 0.529. The number of rotatable bonds is 6. The Morgan fingerprint density at radius 2 is 1.72 bits per heavy atom. The fourth-order valence-corrected chi connectivity index (χ4v) is 2.11. The number of alkyl carbamates (subject to hydrolysis) is 1. The molecule has 25 heavy (non-hydrogen) atoms. The zero-order valence-electron chi connectivity index (χ0n) is 14.3. The Morgan fingerprint density at radius 3 is 2.16 bits per heavy atom. The number of nitrogens with one attached hydrogen (secondary N) is 1. The predicted octanol–water partition coefficient (Wildman–Crippen LogP) is 4.01. The summed E-state index contributed by atoms with van der Waals surface area (Å²) in [5, 5.41) is 11.4. The third-order valence-corrected chi connectivity index (χ3v) is 3.19. The maximum absolute atomic E-state index is 12.6. The molecule has 0 fully saturated rings. The van der Waals surface area contributed by atoms with Gasteiger partial charge in [0, 0.05) is 12.5 Å². The number of alkyl halides is 3. The average Bonchev–Trinajstić information content (AvgIpc) is 2.42. The molecule has 0 aliphatic heterocycles. The first-order chi connectivity index (χ1) is 11.4. The van der Waals surface area contributed by atoms with Crippen molar-refractivity contribution in [1.29, 1.82) is 0 Å². The lowest BCUT2D eigenvalue weighted by atomic mass is 10.0. The second-order valence-corrected chi connectivity index (χ2v) is 6.67. The van der Waals surface area contributed by atoms with Gasteiger partial charge in [-0.15, -0.1) is 0 Å². The third kappa shape index (κ3) is 8.42. The largest absolute Gasteiger partial charge is 0.481 e. The number of hydrogen-bond acceptors (Lipinski definition) is 3. The van der Waals surface area contributed by atoms with Gasteiger partial charge in [-0.3, -0.25) is 4.79 Å². The summed E-state index contributed by atoms with van der Waals surface area (Å²) in [6.07, 6.45) is -4.97. The number of benzene rings is 1. The standard InChI is InChI=1S/C17H22F3NO4/c1-16(2,3)25-15(24)21-13(8-9-14(22)23)10-11-4-6-12(7-5-11)17(18,19)20/h4-7,13H,8-10H2,1-3H3,(H,21,24)(H,22,23)/t13-/m1/s1. The van der Waals surface area contributed by atoms with Gasteiger partial charge >= 0.3 is 18.2 Å². The van der Waals surface area contributed by atoms with E-state index in [-0.39, 0.29) is 19.3 Å². The van der Waals surface area contributed by atoms with E-state index in [1.807, 2.05) is 0 Å². The zero-order chi connectivity index (χ0) is 19.3. The molecule has 140 valence electrons. The van der Waals surface area contributed by atoms with Crippen molar-refractivity contribution in [2.24, 2.45) is 0 Å². The molecule has 0 aliphatic rings. The molecule has 1 aromatic rings. The molecule has 0 saturated carbocycles. The number of aliphatic carboxylic acids is 1. The molecule has 0 spiro atoms. The van der Waals surface area contributed by atoms with Crippen LogP contribution in [0.1, 0.15) is 44.7 Å². The highest BCUT2D eigenvalue weighted by Gasteiger charge is 2.30. The SMILES string of the molecule is CC(C)(C)OC(=O)N[C@H](CCC(=O)O)Cc1ccc(C(F)(F)F)cc1. The zero-order valence-corrected chi connectivity index (χ0v) is 14.3. The van der Waals surface area contributed by atoms with E-state index in [0.29, 0.717) is 5.56 Å². The fourth-order valence-electron chi connectivity index (χ4n) is 2.11. The third-order valence-electron chi connectivity index (χ3n) is 3.19. The number of carbonyl (C=O) groups excluding carboxylic acids is 1. The molecule has 2 N–H and O–H groups in total. The van der Waals surface area contributed by atoms with Crippen LogP contribution in [0.2, 0.25) is 0 Å². The molecule has 0 aliphatic carbocycles. The maximum atomic E-state index is 12.6. The van der Waals surface area contributed by atoms with Crippen LogP contribution in [0.15, 0.2) is 24.3 Å². The van der Waals surface area contributed by atoms with Gasteiger partial charge in [-0.1, -0.05) is 12.1 Å². The molecule has 0 radical (unpaired) electrons. The van der Waals surface area contributed by atoms with Crippen LogP contribution >= 0.6 is 0 Å². The van der Waals surface area contributed by atoms with Crippen LogP contribution in [0.25, 0.3) is 0 Å². The topological polar surface area (TPSA) is 75.6 Å². The lowest BCUT2D eigenvalue weighted by Gasteiger charge is -2.23. The minimum atomic E-state index is -4.42. The minimum absolute atomic E-state index is 0.135. The van der Waals surface area contributed by atoms with Crippen LogP contribution in [0, 0.1) is 0 Å². The van der Waals surface area contributed by atoms with Gasteiger partial charge in [-0.2, -0.15) is 13.2 Å². The van der Waals surface area contributed by atoms with Gasteiger partial charge in [-0.25, -0.2) is 4.79 Å². The summed E-state index contributed by atoms with van der Waals surface area (Å²) < 4.78 is 42.9. The molecule has 0 bridgehead atoms. The lowest BCUT2D eigenvalue weighted by molar-refractivity contribution is -0.138. The lowest BCUT2D eigenvalue weighted by Crippen LogP contribution is -2.40. The van der Waals surface area contributed by atoms with E-state index in [1.165, 1.54) is 12.1 Å². The number of carboxylic acids is 1. The van der Waals surface area contributed by atoms with Crippen LogP contribution in [0.3, 0.4) is 0 Å². The Labute approximate surface area is 144 Å². The molecule has 8 heteroatoms. The quantitative estimate of drug-likeness (QED) is 0.803. The van der Waals surface area contributed by atoms with Crippen LogP contribution < -0.4 is 5.32 Å². The van der Waals surface area contributed by atoms with E-state index < -0.39 is 35.4 Å². The minimum Gasteiger partial charge on any atom is -0.481 e. The smallest absolute Gasteiger partial charge is 0.416 e. The molecule has 0 heterocycles. The highest BCUT2D eigenvalue weighted by atomic mass is 19.4. The first-order valence-electron chi connectivity index (χ1n) is 7.74. The summed E-state index contributed by atoms with van der Waals surface area (Å²) in [6.45, 7) is 5.07. The van der Waals surface area contributed by atoms with E-state index >= 15 is 0 Å². The number of halogens is 3. The summed E-state index contributed by atoms with van der Waals surface area (Å²) in [7, 11) is 0. The van der Waals surface area contributed by atoms with Crippen molar-refractivity contribution in [3.63, 3.8) is 0 Å². The Morgan fingerprint density at radius 1 is 1.16 bits per heavy atom. The number of hydrogen-bond donors (Lipinski definition) is 2. The van der Waals surface area contributed by atoms with E-state index in [4.69, 9.17) is 9.84 Å². The molecule has 0 aromatic heterocycles. The number of carboxylic acid groups (broad SMARTS) is 1. The second kappa shape index (κ2) is 8.22. The molecule has 0 saturated heterocycles. The Bertz CT molecular complexity index is 591. The first kappa shape index (κ1) is 20.8. The summed E-state index contributed by atoms with van der Waals surface area (Å²) in [4.78, 5) is 22.6.